The van der Waals surface area contributed by atoms with Crippen molar-refractivity contribution in [3.8, 4) is 11.8 Å². The third-order valence-electron chi connectivity index (χ3n) is 3.90. The van der Waals surface area contributed by atoms with Gasteiger partial charge in [0.15, 0.2) is 0 Å². The van der Waals surface area contributed by atoms with Gasteiger partial charge in [-0.2, -0.15) is 5.26 Å². The zero-order valence-corrected chi connectivity index (χ0v) is 11.8. The molecule has 1 aliphatic carbocycles. The molecule has 20 heavy (non-hydrogen) atoms. The van der Waals surface area contributed by atoms with Gasteiger partial charge in [0.2, 0.25) is 0 Å². The maximum absolute atomic E-state index is 12.3. The minimum absolute atomic E-state index is 0.237. The highest BCUT2D eigenvalue weighted by Crippen LogP contribution is 2.27. The number of methoxy groups -OCH3 is 1. The molecule has 0 bridgehead atoms. The molecule has 1 aromatic carbocycles. The Balaban J connectivity index is 2.07. The zero-order chi connectivity index (χ0) is 14.4. The predicted molar refractivity (Wildman–Crippen MR) is 76.4 cm³/mol. The average molecular weight is 272 g/mol. The van der Waals surface area contributed by atoms with E-state index in [1.54, 1.807) is 18.2 Å². The lowest BCUT2D eigenvalue weighted by atomic mass is 9.84. The van der Waals surface area contributed by atoms with Gasteiger partial charge in [-0.15, -0.1) is 0 Å². The minimum Gasteiger partial charge on any atom is -0.496 e. The maximum Gasteiger partial charge on any atom is 0.256 e. The Morgan fingerprint density at radius 3 is 2.70 bits per heavy atom. The summed E-state index contributed by atoms with van der Waals surface area (Å²) in [6.45, 7) is 0. The molecule has 1 aliphatic rings. The van der Waals surface area contributed by atoms with Crippen LogP contribution in [0.3, 0.4) is 0 Å². The van der Waals surface area contributed by atoms with Gasteiger partial charge in [0.1, 0.15) is 11.8 Å². The number of hydrogen-bond acceptors (Lipinski definition) is 3. The monoisotopic (exact) mass is 272 g/mol. The Hall–Kier alpha value is -2.02. The number of nitrogens with zero attached hydrogens (tertiary/aromatic N) is 1. The van der Waals surface area contributed by atoms with Crippen LogP contribution < -0.4 is 10.1 Å². The Labute approximate surface area is 119 Å². The number of para-hydroxylation sites is 1. The molecule has 0 radical (unpaired) electrons. The summed E-state index contributed by atoms with van der Waals surface area (Å²) in [6, 6.07) is 8.90. The minimum atomic E-state index is -0.410. The summed E-state index contributed by atoms with van der Waals surface area (Å²) in [5.74, 6) is 0.567. The Kier molecular flexibility index (Phi) is 5.00. The SMILES string of the molecule is COc1ccccc1C(=O)NC(C#N)C1CCCCC1. The highest BCUT2D eigenvalue weighted by molar-refractivity contribution is 5.97. The molecule has 0 spiro atoms. The van der Waals surface area contributed by atoms with E-state index in [1.165, 1.54) is 13.5 Å². The molecule has 1 N–H and O–H groups in total. The number of ether oxygens (including phenoxy) is 1. The van der Waals surface area contributed by atoms with Crippen molar-refractivity contribution < 1.29 is 9.53 Å². The van der Waals surface area contributed by atoms with E-state index in [9.17, 15) is 10.1 Å². The second-order valence-corrected chi connectivity index (χ2v) is 5.18. The summed E-state index contributed by atoms with van der Waals surface area (Å²) >= 11 is 0. The van der Waals surface area contributed by atoms with Crippen molar-refractivity contribution in [3.63, 3.8) is 0 Å². The molecule has 1 saturated carbocycles. The first-order valence-electron chi connectivity index (χ1n) is 7.09. The van der Waals surface area contributed by atoms with Crippen LogP contribution >= 0.6 is 0 Å². The zero-order valence-electron chi connectivity index (χ0n) is 11.8. The van der Waals surface area contributed by atoms with Crippen molar-refractivity contribution in [2.45, 2.75) is 38.1 Å². The lowest BCUT2D eigenvalue weighted by Gasteiger charge is -2.26. The molecule has 106 valence electrons. The van der Waals surface area contributed by atoms with E-state index in [0.717, 1.165) is 25.7 Å². The Bertz CT molecular complexity index is 501. The van der Waals surface area contributed by atoms with Crippen LogP contribution in [0.15, 0.2) is 24.3 Å². The van der Waals surface area contributed by atoms with Crippen molar-refractivity contribution in [2.24, 2.45) is 5.92 Å². The van der Waals surface area contributed by atoms with Crippen LogP contribution in [-0.4, -0.2) is 19.1 Å². The maximum atomic E-state index is 12.3. The molecule has 0 heterocycles. The smallest absolute Gasteiger partial charge is 0.256 e. The first kappa shape index (κ1) is 14.4. The van der Waals surface area contributed by atoms with E-state index in [1.807, 2.05) is 6.07 Å². The van der Waals surface area contributed by atoms with Gasteiger partial charge in [-0.05, 0) is 30.9 Å². The standard InChI is InChI=1S/C16H20N2O2/c1-20-15-10-6-5-9-13(15)16(19)18-14(11-17)12-7-3-2-4-8-12/h5-6,9-10,12,14H,2-4,7-8H2,1H3,(H,18,19). The number of rotatable bonds is 4. The van der Waals surface area contributed by atoms with E-state index >= 15 is 0 Å². The predicted octanol–water partition coefficient (Wildman–Crippen LogP) is 2.90. The number of carbonyl (C=O) groups excluding carboxylic acids is 1. The molecule has 1 amide bonds. The fourth-order valence-corrected chi connectivity index (χ4v) is 2.77. The molecule has 1 atom stereocenters. The Morgan fingerprint density at radius 2 is 2.05 bits per heavy atom. The molecule has 2 rings (SSSR count). The van der Waals surface area contributed by atoms with Crippen LogP contribution in [0.2, 0.25) is 0 Å². The van der Waals surface area contributed by atoms with Crippen molar-refractivity contribution >= 4 is 5.91 Å². The molecule has 4 nitrogen and oxygen atoms in total. The fraction of sp³-hybridized carbons (Fsp3) is 0.500. The number of carbonyl (C=O) groups is 1. The van der Waals surface area contributed by atoms with Gasteiger partial charge < -0.3 is 10.1 Å². The highest BCUT2D eigenvalue weighted by Gasteiger charge is 2.26. The van der Waals surface area contributed by atoms with Crippen LogP contribution in [0.1, 0.15) is 42.5 Å². The normalized spacial score (nSPS) is 17.0. The molecule has 0 aliphatic heterocycles. The highest BCUT2D eigenvalue weighted by atomic mass is 16.5. The van der Waals surface area contributed by atoms with Crippen molar-refractivity contribution in [1.82, 2.24) is 5.32 Å². The fourth-order valence-electron chi connectivity index (χ4n) is 2.77. The van der Waals surface area contributed by atoms with Crippen molar-refractivity contribution in [2.75, 3.05) is 7.11 Å². The van der Waals surface area contributed by atoms with Gasteiger partial charge in [-0.25, -0.2) is 0 Å². The third kappa shape index (κ3) is 3.30. The number of nitrogens with one attached hydrogen (secondary N) is 1. The summed E-state index contributed by atoms with van der Waals surface area (Å²) in [4.78, 5) is 12.3. The molecule has 0 aromatic heterocycles. The van der Waals surface area contributed by atoms with E-state index < -0.39 is 6.04 Å². The largest absolute Gasteiger partial charge is 0.496 e. The van der Waals surface area contributed by atoms with Crippen molar-refractivity contribution in [1.29, 1.82) is 5.26 Å². The molecule has 1 fully saturated rings. The lowest BCUT2D eigenvalue weighted by molar-refractivity contribution is 0.0926. The summed E-state index contributed by atoms with van der Waals surface area (Å²) in [6.07, 6.45) is 5.56. The summed E-state index contributed by atoms with van der Waals surface area (Å²) < 4.78 is 5.18. The molecule has 1 unspecified atom stereocenters. The second kappa shape index (κ2) is 6.95. The van der Waals surface area contributed by atoms with Crippen molar-refractivity contribution in [3.05, 3.63) is 29.8 Å². The first-order chi connectivity index (χ1) is 9.76. The van der Waals surface area contributed by atoms with Crippen LogP contribution in [0.4, 0.5) is 0 Å². The number of benzene rings is 1. The molecule has 4 heteroatoms. The second-order valence-electron chi connectivity index (χ2n) is 5.18. The van der Waals surface area contributed by atoms with E-state index in [0.29, 0.717) is 11.3 Å². The van der Waals surface area contributed by atoms with Gasteiger partial charge in [0.25, 0.3) is 5.91 Å². The van der Waals surface area contributed by atoms with E-state index in [4.69, 9.17) is 4.74 Å². The van der Waals surface area contributed by atoms with E-state index in [-0.39, 0.29) is 11.8 Å². The number of nitriles is 1. The third-order valence-corrected chi connectivity index (χ3v) is 3.90. The molecule has 1 aromatic rings. The quantitative estimate of drug-likeness (QED) is 0.916. The van der Waals surface area contributed by atoms with Crippen LogP contribution in [0.5, 0.6) is 5.75 Å². The first-order valence-corrected chi connectivity index (χ1v) is 7.09. The van der Waals surface area contributed by atoms with Crippen LogP contribution in [-0.2, 0) is 0 Å². The topological polar surface area (TPSA) is 62.1 Å². The van der Waals surface area contributed by atoms with Gasteiger partial charge in [0.05, 0.1) is 18.7 Å². The number of hydrogen-bond donors (Lipinski definition) is 1. The lowest BCUT2D eigenvalue weighted by Crippen LogP contribution is -2.40. The average Bonchev–Trinajstić information content (AvgIpc) is 2.53. The number of amides is 1. The van der Waals surface area contributed by atoms with Gasteiger partial charge >= 0.3 is 0 Å². The summed E-state index contributed by atoms with van der Waals surface area (Å²) in [5, 5.41) is 12.2. The molecular formula is C16H20N2O2. The van der Waals surface area contributed by atoms with Crippen LogP contribution in [0, 0.1) is 17.2 Å². The Morgan fingerprint density at radius 1 is 1.35 bits per heavy atom. The van der Waals surface area contributed by atoms with E-state index in [2.05, 4.69) is 11.4 Å². The summed E-state index contributed by atoms with van der Waals surface area (Å²) in [5.41, 5.74) is 0.478. The summed E-state index contributed by atoms with van der Waals surface area (Å²) in [7, 11) is 1.54. The van der Waals surface area contributed by atoms with Gasteiger partial charge in [0, 0.05) is 0 Å². The van der Waals surface area contributed by atoms with Gasteiger partial charge in [-0.3, -0.25) is 4.79 Å². The van der Waals surface area contributed by atoms with Gasteiger partial charge in [-0.1, -0.05) is 31.4 Å². The molecular weight excluding hydrogens is 252 g/mol. The van der Waals surface area contributed by atoms with Crippen LogP contribution in [0.25, 0.3) is 0 Å². The molecule has 0 saturated heterocycles.